The Hall–Kier alpha value is -3.79. The number of nitrogens with zero attached hydrogens (tertiary/aromatic N) is 1. The summed E-state index contributed by atoms with van der Waals surface area (Å²) < 4.78 is 22.6. The molecule has 10 heteroatoms. The number of fused-ring (bicyclic) bond motifs is 1. The molecule has 0 radical (unpaired) electrons. The van der Waals surface area contributed by atoms with Gasteiger partial charge < -0.3 is 24.0 Å². The van der Waals surface area contributed by atoms with Gasteiger partial charge in [0.2, 0.25) is 0 Å². The number of methoxy groups -OCH3 is 1. The summed E-state index contributed by atoms with van der Waals surface area (Å²) in [5.41, 5.74) is 5.76. The molecule has 0 fully saturated rings. The number of carbonyl (C=O) groups excluding carboxylic acids is 2. The first kappa shape index (κ1) is 20.5. The van der Waals surface area contributed by atoms with E-state index in [9.17, 15) is 14.4 Å². The Labute approximate surface area is 179 Å². The van der Waals surface area contributed by atoms with Gasteiger partial charge >= 0.3 is 11.9 Å². The van der Waals surface area contributed by atoms with Crippen molar-refractivity contribution in [3.05, 3.63) is 73.4 Å². The Bertz CT molecular complexity index is 1340. The summed E-state index contributed by atoms with van der Waals surface area (Å²) in [5, 5.41) is 0. The highest BCUT2D eigenvalue weighted by Gasteiger charge is 2.41. The van der Waals surface area contributed by atoms with Crippen LogP contribution in [0.4, 0.5) is 0 Å². The molecule has 0 aromatic carbocycles. The van der Waals surface area contributed by atoms with Gasteiger partial charge in [-0.2, -0.15) is 0 Å². The maximum absolute atomic E-state index is 13.2. The maximum atomic E-state index is 13.2. The predicted molar refractivity (Wildman–Crippen MR) is 111 cm³/mol. The van der Waals surface area contributed by atoms with Crippen molar-refractivity contribution in [2.45, 2.75) is 12.8 Å². The van der Waals surface area contributed by atoms with E-state index in [0.29, 0.717) is 5.76 Å². The summed E-state index contributed by atoms with van der Waals surface area (Å²) >= 11 is 1.04. The average Bonchev–Trinajstić information content (AvgIpc) is 3.50. The number of nitrogens with two attached hydrogens (primary N) is 1. The van der Waals surface area contributed by atoms with Crippen molar-refractivity contribution < 1.29 is 27.9 Å². The van der Waals surface area contributed by atoms with Gasteiger partial charge in [0.1, 0.15) is 22.0 Å². The van der Waals surface area contributed by atoms with Crippen LogP contribution in [0, 0.1) is 0 Å². The molecule has 0 amide bonds. The van der Waals surface area contributed by atoms with E-state index in [-0.39, 0.29) is 38.5 Å². The maximum Gasteiger partial charge on any atom is 0.338 e. The second kappa shape index (κ2) is 8.15. The zero-order chi connectivity index (χ0) is 22.1. The van der Waals surface area contributed by atoms with E-state index in [1.165, 1.54) is 25.7 Å². The van der Waals surface area contributed by atoms with Crippen molar-refractivity contribution in [1.29, 1.82) is 0 Å². The Morgan fingerprint density at radius 1 is 1.19 bits per heavy atom. The lowest BCUT2D eigenvalue weighted by Crippen LogP contribution is -2.41. The van der Waals surface area contributed by atoms with E-state index in [1.807, 2.05) is 0 Å². The van der Waals surface area contributed by atoms with Crippen LogP contribution in [0.5, 0.6) is 0 Å². The number of hydrogen-bond donors (Lipinski definition) is 1. The second-order valence-electron chi connectivity index (χ2n) is 6.44. The third kappa shape index (κ3) is 3.40. The average molecular weight is 442 g/mol. The van der Waals surface area contributed by atoms with Crippen molar-refractivity contribution in [1.82, 2.24) is 4.57 Å². The van der Waals surface area contributed by atoms with Gasteiger partial charge in [-0.1, -0.05) is 0 Å². The van der Waals surface area contributed by atoms with Crippen LogP contribution < -0.4 is 20.5 Å². The standard InChI is InChI=1S/C21H18N2O7S/c1-3-28-21(26)16-14(12-7-5-9-30-12)15(20(25)27-2)17(22)23-18(24)13(31-19(16)23)10-11-6-4-8-29-11/h4-10,14H,3,22H2,1-2H3/b13-10-. The van der Waals surface area contributed by atoms with Gasteiger partial charge in [-0.05, 0) is 31.2 Å². The number of esters is 2. The highest BCUT2D eigenvalue weighted by molar-refractivity contribution is 7.07. The van der Waals surface area contributed by atoms with E-state index in [1.54, 1.807) is 31.2 Å². The molecule has 1 atom stereocenters. The summed E-state index contributed by atoms with van der Waals surface area (Å²) in [6.45, 7) is 1.76. The largest absolute Gasteiger partial charge is 0.468 e. The Kier molecular flexibility index (Phi) is 5.38. The van der Waals surface area contributed by atoms with Crippen LogP contribution >= 0.6 is 11.3 Å². The molecule has 0 bridgehead atoms. The van der Waals surface area contributed by atoms with E-state index >= 15 is 0 Å². The van der Waals surface area contributed by atoms with Crippen molar-refractivity contribution in [2.24, 2.45) is 5.73 Å². The second-order valence-corrected chi connectivity index (χ2v) is 7.48. The van der Waals surface area contributed by atoms with Crippen LogP contribution in [0.3, 0.4) is 0 Å². The number of rotatable bonds is 5. The Balaban J connectivity index is 2.13. The molecule has 3 aromatic rings. The molecule has 3 aromatic heterocycles. The van der Waals surface area contributed by atoms with E-state index in [0.717, 1.165) is 15.9 Å². The SMILES string of the molecule is CCOC(=O)C1=c2s/c(=C\c3ccco3)c(=O)n2C(N)=C(C(=O)OC)C1c1ccco1. The van der Waals surface area contributed by atoms with Crippen molar-refractivity contribution in [2.75, 3.05) is 13.7 Å². The fraction of sp³-hybridized carbons (Fsp3) is 0.190. The minimum absolute atomic E-state index is 0.0626. The molecular formula is C21H18N2O7S. The molecule has 4 heterocycles. The molecule has 1 unspecified atom stereocenters. The predicted octanol–water partition coefficient (Wildman–Crippen LogP) is 0.736. The minimum Gasteiger partial charge on any atom is -0.468 e. The number of aromatic nitrogens is 1. The number of thiazole rings is 1. The molecule has 31 heavy (non-hydrogen) atoms. The highest BCUT2D eigenvalue weighted by atomic mass is 32.1. The lowest BCUT2D eigenvalue weighted by Gasteiger charge is -2.24. The smallest absolute Gasteiger partial charge is 0.338 e. The molecule has 0 spiro atoms. The minimum atomic E-state index is -1.00. The van der Waals surface area contributed by atoms with Crippen molar-refractivity contribution in [3.63, 3.8) is 0 Å². The van der Waals surface area contributed by atoms with Gasteiger partial charge in [0.25, 0.3) is 5.56 Å². The van der Waals surface area contributed by atoms with E-state index < -0.39 is 23.4 Å². The third-order valence-corrected chi connectivity index (χ3v) is 5.80. The molecule has 4 rings (SSSR count). The van der Waals surface area contributed by atoms with Crippen LogP contribution in [0.2, 0.25) is 0 Å². The van der Waals surface area contributed by atoms with Gasteiger partial charge in [0.15, 0.2) is 0 Å². The first-order valence-corrected chi connectivity index (χ1v) is 10.1. The number of furan rings is 2. The summed E-state index contributed by atoms with van der Waals surface area (Å²) in [4.78, 5) is 38.9. The molecule has 9 nitrogen and oxygen atoms in total. The highest BCUT2D eigenvalue weighted by Crippen LogP contribution is 2.37. The van der Waals surface area contributed by atoms with E-state index in [4.69, 9.17) is 24.0 Å². The van der Waals surface area contributed by atoms with Crippen LogP contribution in [0.25, 0.3) is 17.5 Å². The van der Waals surface area contributed by atoms with Gasteiger partial charge in [0, 0.05) is 6.08 Å². The van der Waals surface area contributed by atoms with Gasteiger partial charge in [-0.15, -0.1) is 11.3 Å². The van der Waals surface area contributed by atoms with Crippen molar-refractivity contribution in [3.8, 4) is 0 Å². The summed E-state index contributed by atoms with van der Waals surface area (Å²) in [6, 6.07) is 6.60. The number of carbonyl (C=O) groups is 2. The fourth-order valence-electron chi connectivity index (χ4n) is 3.41. The molecule has 2 N–H and O–H groups in total. The summed E-state index contributed by atoms with van der Waals surface area (Å²) in [7, 11) is 1.19. The Morgan fingerprint density at radius 2 is 1.94 bits per heavy atom. The van der Waals surface area contributed by atoms with Gasteiger partial charge in [-0.3, -0.25) is 9.36 Å². The van der Waals surface area contributed by atoms with Crippen LogP contribution in [-0.4, -0.2) is 30.2 Å². The van der Waals surface area contributed by atoms with Gasteiger partial charge in [0.05, 0.1) is 47.8 Å². The molecule has 0 aliphatic carbocycles. The fourth-order valence-corrected chi connectivity index (χ4v) is 4.55. The summed E-state index contributed by atoms with van der Waals surface area (Å²) in [6.07, 6.45) is 4.42. The zero-order valence-electron chi connectivity index (χ0n) is 16.6. The molecule has 1 aliphatic rings. The van der Waals surface area contributed by atoms with Gasteiger partial charge in [-0.25, -0.2) is 9.59 Å². The quantitative estimate of drug-likeness (QED) is 0.573. The number of hydrogen-bond acceptors (Lipinski definition) is 9. The lowest BCUT2D eigenvalue weighted by atomic mass is 9.87. The van der Waals surface area contributed by atoms with Crippen LogP contribution in [-0.2, 0) is 19.1 Å². The molecule has 160 valence electrons. The summed E-state index contributed by atoms with van der Waals surface area (Å²) in [5.74, 6) is -1.90. The third-order valence-electron chi connectivity index (χ3n) is 4.69. The lowest BCUT2D eigenvalue weighted by molar-refractivity contribution is -0.136. The topological polar surface area (TPSA) is 127 Å². The molecule has 0 saturated heterocycles. The monoisotopic (exact) mass is 442 g/mol. The van der Waals surface area contributed by atoms with Crippen molar-refractivity contribution >= 4 is 40.7 Å². The van der Waals surface area contributed by atoms with Crippen LogP contribution in [0.1, 0.15) is 24.4 Å². The first-order valence-electron chi connectivity index (χ1n) is 9.28. The molecular weight excluding hydrogens is 424 g/mol. The van der Waals surface area contributed by atoms with E-state index in [2.05, 4.69) is 0 Å². The first-order chi connectivity index (χ1) is 15.0. The molecule has 0 saturated carbocycles. The Morgan fingerprint density at radius 3 is 2.55 bits per heavy atom. The van der Waals surface area contributed by atoms with Crippen LogP contribution in [0.15, 0.2) is 56.0 Å². The number of ether oxygens (including phenoxy) is 2. The molecule has 1 aliphatic heterocycles. The zero-order valence-corrected chi connectivity index (χ0v) is 17.4. The normalized spacial score (nSPS) is 16.4.